The van der Waals surface area contributed by atoms with Crippen molar-refractivity contribution >= 4 is 33.1 Å². The number of rotatable bonds is 5. The molecule has 3 aromatic rings. The zero-order valence-electron chi connectivity index (χ0n) is 12.7. The molecule has 0 radical (unpaired) electrons. The first-order valence-electron chi connectivity index (χ1n) is 7.75. The van der Waals surface area contributed by atoms with Crippen molar-refractivity contribution in [3.8, 4) is 0 Å². The minimum atomic E-state index is 0.796. The summed E-state index contributed by atoms with van der Waals surface area (Å²) in [5.41, 5.74) is 2.44. The SMILES string of the molecule is c1cncc(NCCNc2ncnc3sc4c(c23)CCNC4)c1. The minimum Gasteiger partial charge on any atom is -0.382 e. The molecule has 1 aliphatic heterocycles. The molecule has 118 valence electrons. The first kappa shape index (κ1) is 14.3. The predicted octanol–water partition coefficient (Wildman–Crippen LogP) is 2.26. The van der Waals surface area contributed by atoms with Crippen LogP contribution in [0.1, 0.15) is 10.4 Å². The Labute approximate surface area is 138 Å². The van der Waals surface area contributed by atoms with E-state index in [-0.39, 0.29) is 0 Å². The monoisotopic (exact) mass is 326 g/mol. The second-order valence-electron chi connectivity index (χ2n) is 5.43. The van der Waals surface area contributed by atoms with Crippen LogP contribution >= 0.6 is 11.3 Å². The summed E-state index contributed by atoms with van der Waals surface area (Å²) in [6, 6.07) is 3.94. The van der Waals surface area contributed by atoms with Gasteiger partial charge in [0.2, 0.25) is 0 Å². The molecule has 1 aliphatic rings. The molecule has 0 saturated heterocycles. The number of anilines is 2. The molecule has 0 amide bonds. The average Bonchev–Trinajstić information content (AvgIpc) is 2.99. The number of pyridine rings is 1. The van der Waals surface area contributed by atoms with Crippen molar-refractivity contribution in [1.82, 2.24) is 20.3 Å². The smallest absolute Gasteiger partial charge is 0.138 e. The van der Waals surface area contributed by atoms with Crippen molar-refractivity contribution in [3.63, 3.8) is 0 Å². The molecule has 0 aromatic carbocycles. The lowest BCUT2D eigenvalue weighted by Crippen LogP contribution is -2.22. The van der Waals surface area contributed by atoms with Crippen LogP contribution in [0.2, 0.25) is 0 Å². The van der Waals surface area contributed by atoms with E-state index in [1.807, 2.05) is 18.3 Å². The quantitative estimate of drug-likeness (QED) is 0.625. The Balaban J connectivity index is 1.47. The van der Waals surface area contributed by atoms with Crippen molar-refractivity contribution in [3.05, 3.63) is 41.3 Å². The van der Waals surface area contributed by atoms with Crippen LogP contribution in [-0.4, -0.2) is 34.6 Å². The fourth-order valence-corrected chi connectivity index (χ4v) is 4.00. The molecule has 0 unspecified atom stereocenters. The first-order valence-corrected chi connectivity index (χ1v) is 8.57. The van der Waals surface area contributed by atoms with Crippen LogP contribution in [0.4, 0.5) is 11.5 Å². The predicted molar refractivity (Wildman–Crippen MR) is 94.0 cm³/mol. The van der Waals surface area contributed by atoms with Crippen molar-refractivity contribution in [2.45, 2.75) is 13.0 Å². The maximum absolute atomic E-state index is 4.46. The number of aromatic nitrogens is 3. The van der Waals surface area contributed by atoms with Gasteiger partial charge in [-0.05, 0) is 30.7 Å². The van der Waals surface area contributed by atoms with E-state index in [0.29, 0.717) is 0 Å². The lowest BCUT2D eigenvalue weighted by molar-refractivity contribution is 0.657. The molecule has 4 rings (SSSR count). The van der Waals surface area contributed by atoms with Gasteiger partial charge in [-0.25, -0.2) is 9.97 Å². The summed E-state index contributed by atoms with van der Waals surface area (Å²) in [4.78, 5) is 15.5. The third-order valence-corrected chi connectivity index (χ3v) is 5.06. The van der Waals surface area contributed by atoms with Gasteiger partial charge in [-0.15, -0.1) is 11.3 Å². The summed E-state index contributed by atoms with van der Waals surface area (Å²) in [6.07, 6.45) is 6.29. The molecular weight excluding hydrogens is 308 g/mol. The Hall–Kier alpha value is -2.25. The van der Waals surface area contributed by atoms with Crippen molar-refractivity contribution in [1.29, 1.82) is 0 Å². The Morgan fingerprint density at radius 1 is 1.22 bits per heavy atom. The van der Waals surface area contributed by atoms with Gasteiger partial charge in [-0.1, -0.05) is 0 Å². The standard InChI is InChI=1S/C16H18N6S/c1-2-11(8-17-4-1)19-6-7-20-15-14-12-3-5-18-9-13(12)23-16(14)22-10-21-15/h1-2,4,8,10,18-19H,3,5-7,9H2,(H,20,21,22). The maximum atomic E-state index is 4.46. The molecule has 0 fully saturated rings. The van der Waals surface area contributed by atoms with Gasteiger partial charge in [0.1, 0.15) is 17.0 Å². The molecule has 0 atom stereocenters. The highest BCUT2D eigenvalue weighted by atomic mass is 32.1. The second kappa shape index (κ2) is 6.47. The summed E-state index contributed by atoms with van der Waals surface area (Å²) in [5.74, 6) is 0.947. The molecule has 0 bridgehead atoms. The Morgan fingerprint density at radius 3 is 3.09 bits per heavy atom. The zero-order chi connectivity index (χ0) is 15.5. The van der Waals surface area contributed by atoms with Gasteiger partial charge in [-0.3, -0.25) is 4.98 Å². The van der Waals surface area contributed by atoms with Crippen LogP contribution in [0.25, 0.3) is 10.2 Å². The van der Waals surface area contributed by atoms with E-state index in [1.165, 1.54) is 15.8 Å². The fourth-order valence-electron chi connectivity index (χ4n) is 2.85. The van der Waals surface area contributed by atoms with E-state index >= 15 is 0 Å². The molecule has 23 heavy (non-hydrogen) atoms. The van der Waals surface area contributed by atoms with E-state index in [1.54, 1.807) is 23.9 Å². The van der Waals surface area contributed by atoms with Crippen LogP contribution in [0.5, 0.6) is 0 Å². The van der Waals surface area contributed by atoms with Crippen LogP contribution in [0.15, 0.2) is 30.9 Å². The summed E-state index contributed by atoms with van der Waals surface area (Å²) < 4.78 is 0. The average molecular weight is 326 g/mol. The molecule has 7 heteroatoms. The Kier molecular flexibility index (Phi) is 4.04. The molecule has 4 heterocycles. The fraction of sp³-hybridized carbons (Fsp3) is 0.312. The van der Waals surface area contributed by atoms with Crippen LogP contribution in [0, 0.1) is 0 Å². The topological polar surface area (TPSA) is 74.8 Å². The van der Waals surface area contributed by atoms with Crippen LogP contribution in [-0.2, 0) is 13.0 Å². The molecule has 0 saturated carbocycles. The molecule has 6 nitrogen and oxygen atoms in total. The maximum Gasteiger partial charge on any atom is 0.138 e. The highest BCUT2D eigenvalue weighted by Crippen LogP contribution is 2.35. The van der Waals surface area contributed by atoms with E-state index < -0.39 is 0 Å². The number of fused-ring (bicyclic) bond motifs is 3. The van der Waals surface area contributed by atoms with Crippen molar-refractivity contribution in [2.24, 2.45) is 0 Å². The molecular formula is C16H18N6S. The lowest BCUT2D eigenvalue weighted by Gasteiger charge is -2.14. The van der Waals surface area contributed by atoms with Gasteiger partial charge in [0.05, 0.1) is 11.1 Å². The van der Waals surface area contributed by atoms with Gasteiger partial charge in [-0.2, -0.15) is 0 Å². The third kappa shape index (κ3) is 2.97. The molecule has 3 aromatic heterocycles. The summed E-state index contributed by atoms with van der Waals surface area (Å²) in [7, 11) is 0. The Morgan fingerprint density at radius 2 is 2.17 bits per heavy atom. The van der Waals surface area contributed by atoms with Crippen molar-refractivity contribution < 1.29 is 0 Å². The van der Waals surface area contributed by atoms with E-state index in [0.717, 1.165) is 48.9 Å². The first-order chi connectivity index (χ1) is 11.4. The summed E-state index contributed by atoms with van der Waals surface area (Å²) in [6.45, 7) is 3.57. The Bertz CT molecular complexity index is 801. The second-order valence-corrected chi connectivity index (χ2v) is 6.51. The van der Waals surface area contributed by atoms with Gasteiger partial charge in [0.15, 0.2) is 0 Å². The zero-order valence-corrected chi connectivity index (χ0v) is 13.5. The summed E-state index contributed by atoms with van der Waals surface area (Å²) >= 11 is 1.77. The number of nitrogens with one attached hydrogen (secondary N) is 3. The molecule has 0 spiro atoms. The van der Waals surface area contributed by atoms with Gasteiger partial charge < -0.3 is 16.0 Å². The van der Waals surface area contributed by atoms with Crippen LogP contribution < -0.4 is 16.0 Å². The van der Waals surface area contributed by atoms with Gasteiger partial charge in [0, 0.05) is 36.9 Å². The third-order valence-electron chi connectivity index (χ3n) is 3.92. The highest BCUT2D eigenvalue weighted by molar-refractivity contribution is 7.18. The largest absolute Gasteiger partial charge is 0.382 e. The van der Waals surface area contributed by atoms with Gasteiger partial charge in [0.25, 0.3) is 0 Å². The lowest BCUT2D eigenvalue weighted by atomic mass is 10.1. The van der Waals surface area contributed by atoms with Crippen LogP contribution in [0.3, 0.4) is 0 Å². The number of hydrogen-bond donors (Lipinski definition) is 3. The van der Waals surface area contributed by atoms with Crippen molar-refractivity contribution in [2.75, 3.05) is 30.3 Å². The van der Waals surface area contributed by atoms with E-state index in [4.69, 9.17) is 0 Å². The number of thiophene rings is 1. The minimum absolute atomic E-state index is 0.796. The highest BCUT2D eigenvalue weighted by Gasteiger charge is 2.19. The molecule has 0 aliphatic carbocycles. The molecule has 3 N–H and O–H groups in total. The number of nitrogens with zero attached hydrogens (tertiary/aromatic N) is 3. The van der Waals surface area contributed by atoms with E-state index in [2.05, 4.69) is 30.9 Å². The summed E-state index contributed by atoms with van der Waals surface area (Å²) in [5, 5.41) is 11.4. The van der Waals surface area contributed by atoms with E-state index in [9.17, 15) is 0 Å². The number of hydrogen-bond acceptors (Lipinski definition) is 7. The van der Waals surface area contributed by atoms with Gasteiger partial charge >= 0.3 is 0 Å². The normalized spacial score (nSPS) is 13.7.